The smallest absolute Gasteiger partial charge is 0.295 e. The molecule has 146 valence electrons. The summed E-state index contributed by atoms with van der Waals surface area (Å²) in [6.07, 6.45) is 0.639. The van der Waals surface area contributed by atoms with Gasteiger partial charge in [0, 0.05) is 17.0 Å². The molecule has 5 heteroatoms. The lowest BCUT2D eigenvalue weighted by molar-refractivity contribution is -0.139. The molecule has 29 heavy (non-hydrogen) atoms. The molecule has 0 saturated carbocycles. The summed E-state index contributed by atoms with van der Waals surface area (Å²) >= 11 is 1.48. The van der Waals surface area contributed by atoms with Crippen molar-refractivity contribution < 1.29 is 14.7 Å². The minimum absolute atomic E-state index is 0.121. The molecule has 1 aliphatic heterocycles. The number of carbonyl (C=O) groups excluding carboxylic acids is 2. The molecule has 4 rings (SSSR count). The second-order valence-corrected chi connectivity index (χ2v) is 8.09. The first kappa shape index (κ1) is 19.2. The van der Waals surface area contributed by atoms with Gasteiger partial charge in [0.2, 0.25) is 0 Å². The van der Waals surface area contributed by atoms with Crippen LogP contribution in [0.25, 0.3) is 5.76 Å². The van der Waals surface area contributed by atoms with Crippen molar-refractivity contribution in [2.24, 2.45) is 0 Å². The number of aryl methyl sites for hydroxylation is 1. The lowest BCUT2D eigenvalue weighted by atomic mass is 9.99. The van der Waals surface area contributed by atoms with Crippen LogP contribution in [-0.4, -0.2) is 28.2 Å². The van der Waals surface area contributed by atoms with Gasteiger partial charge in [0.15, 0.2) is 0 Å². The molecule has 3 aromatic rings. The molecular weight excluding hydrogens is 382 g/mol. The lowest BCUT2D eigenvalue weighted by Gasteiger charge is -2.24. The highest BCUT2D eigenvalue weighted by atomic mass is 32.1. The van der Waals surface area contributed by atoms with Crippen molar-refractivity contribution in [3.8, 4) is 0 Å². The van der Waals surface area contributed by atoms with E-state index >= 15 is 0 Å². The van der Waals surface area contributed by atoms with Gasteiger partial charge < -0.3 is 10.0 Å². The van der Waals surface area contributed by atoms with Crippen LogP contribution in [0.2, 0.25) is 0 Å². The predicted octanol–water partition coefficient (Wildman–Crippen LogP) is 4.72. The maximum atomic E-state index is 12.9. The minimum Gasteiger partial charge on any atom is -0.507 e. The fraction of sp³-hybridized carbons (Fsp3) is 0.167. The number of rotatable bonds is 5. The van der Waals surface area contributed by atoms with E-state index < -0.39 is 17.7 Å². The number of likely N-dealkylation sites (tertiary alicyclic amines) is 1. The second-order valence-electron chi connectivity index (χ2n) is 7.11. The van der Waals surface area contributed by atoms with Gasteiger partial charge in [-0.1, -0.05) is 66.2 Å². The zero-order valence-corrected chi connectivity index (χ0v) is 16.9. The predicted molar refractivity (Wildman–Crippen MR) is 115 cm³/mol. The van der Waals surface area contributed by atoms with Crippen LogP contribution in [0.5, 0.6) is 0 Å². The van der Waals surface area contributed by atoms with Gasteiger partial charge in [-0.2, -0.15) is 0 Å². The van der Waals surface area contributed by atoms with Crippen molar-refractivity contribution in [3.05, 3.63) is 99.3 Å². The first-order valence-electron chi connectivity index (χ1n) is 9.49. The largest absolute Gasteiger partial charge is 0.507 e. The number of carbonyl (C=O) groups is 2. The Morgan fingerprint density at radius 2 is 1.72 bits per heavy atom. The Bertz CT molecular complexity index is 1050. The number of Topliss-reactive ketones (excluding diaryl/α,β-unsaturated/α-hetero) is 1. The molecule has 0 aliphatic carbocycles. The Morgan fingerprint density at radius 1 is 1.00 bits per heavy atom. The molecule has 0 spiro atoms. The molecule has 1 atom stereocenters. The van der Waals surface area contributed by atoms with E-state index in [1.54, 1.807) is 17.0 Å². The van der Waals surface area contributed by atoms with E-state index in [4.69, 9.17) is 0 Å². The SMILES string of the molecule is Cc1ccc(/C(O)=C2\C(=O)C(=O)N(CCc3ccccc3)C2c2cccs2)cc1. The van der Waals surface area contributed by atoms with Crippen LogP contribution < -0.4 is 0 Å². The van der Waals surface area contributed by atoms with E-state index in [0.717, 1.165) is 16.0 Å². The summed E-state index contributed by atoms with van der Waals surface area (Å²) < 4.78 is 0. The number of amides is 1. The first-order valence-corrected chi connectivity index (χ1v) is 10.4. The van der Waals surface area contributed by atoms with Crippen molar-refractivity contribution in [2.45, 2.75) is 19.4 Å². The van der Waals surface area contributed by atoms with Gasteiger partial charge in [-0.05, 0) is 30.4 Å². The molecule has 1 saturated heterocycles. The average molecular weight is 404 g/mol. The van der Waals surface area contributed by atoms with Crippen molar-refractivity contribution in [2.75, 3.05) is 6.54 Å². The molecule has 1 amide bonds. The number of aliphatic hydroxyl groups is 1. The fourth-order valence-corrected chi connectivity index (χ4v) is 4.46. The van der Waals surface area contributed by atoms with Crippen LogP contribution in [-0.2, 0) is 16.0 Å². The summed E-state index contributed by atoms with van der Waals surface area (Å²) in [5.74, 6) is -1.31. The summed E-state index contributed by atoms with van der Waals surface area (Å²) in [6.45, 7) is 2.36. The fourth-order valence-electron chi connectivity index (χ4n) is 3.61. The van der Waals surface area contributed by atoms with Gasteiger partial charge in [0.25, 0.3) is 11.7 Å². The third-order valence-corrected chi connectivity index (χ3v) is 6.09. The molecule has 1 aromatic heterocycles. The standard InChI is InChI=1S/C24H21NO3S/c1-16-9-11-18(12-10-16)22(26)20-21(19-8-5-15-29-19)25(24(28)23(20)27)14-13-17-6-3-2-4-7-17/h2-12,15,21,26H,13-14H2,1H3/b22-20+. The van der Waals surface area contributed by atoms with E-state index in [1.807, 2.05) is 66.9 Å². The van der Waals surface area contributed by atoms with Gasteiger partial charge in [-0.3, -0.25) is 9.59 Å². The Labute approximate surface area is 173 Å². The number of benzene rings is 2. The van der Waals surface area contributed by atoms with Crippen molar-refractivity contribution in [1.29, 1.82) is 0 Å². The Morgan fingerprint density at radius 3 is 2.38 bits per heavy atom. The lowest BCUT2D eigenvalue weighted by Crippen LogP contribution is -2.31. The van der Waals surface area contributed by atoms with Crippen molar-refractivity contribution in [1.82, 2.24) is 4.90 Å². The van der Waals surface area contributed by atoms with E-state index in [2.05, 4.69) is 0 Å². The molecule has 0 radical (unpaired) electrons. The van der Waals surface area contributed by atoms with E-state index in [-0.39, 0.29) is 11.3 Å². The van der Waals surface area contributed by atoms with E-state index in [9.17, 15) is 14.7 Å². The molecular formula is C24H21NO3S. The summed E-state index contributed by atoms with van der Waals surface area (Å²) in [4.78, 5) is 28.2. The normalized spacial score (nSPS) is 18.4. The zero-order valence-electron chi connectivity index (χ0n) is 16.0. The molecule has 1 aliphatic rings. The van der Waals surface area contributed by atoms with Crippen molar-refractivity contribution >= 4 is 28.8 Å². The van der Waals surface area contributed by atoms with Crippen molar-refractivity contribution in [3.63, 3.8) is 0 Å². The Balaban J connectivity index is 1.74. The number of thiophene rings is 1. The monoisotopic (exact) mass is 403 g/mol. The maximum absolute atomic E-state index is 12.9. The van der Waals surface area contributed by atoms with E-state index in [0.29, 0.717) is 18.5 Å². The molecule has 1 fully saturated rings. The highest BCUT2D eigenvalue weighted by Gasteiger charge is 2.46. The molecule has 1 N–H and O–H groups in total. The van der Waals surface area contributed by atoms with Gasteiger partial charge in [-0.15, -0.1) is 11.3 Å². The molecule has 2 heterocycles. The second kappa shape index (κ2) is 8.05. The summed E-state index contributed by atoms with van der Waals surface area (Å²) in [5, 5.41) is 12.9. The van der Waals surface area contributed by atoms with Crippen LogP contribution in [0.4, 0.5) is 0 Å². The maximum Gasteiger partial charge on any atom is 0.295 e. The number of aliphatic hydroxyl groups excluding tert-OH is 1. The quantitative estimate of drug-likeness (QED) is 0.381. The Hall–Kier alpha value is -3.18. The van der Waals surface area contributed by atoms with Crippen LogP contribution >= 0.6 is 11.3 Å². The van der Waals surface area contributed by atoms with Gasteiger partial charge in [0.05, 0.1) is 11.6 Å². The molecule has 1 unspecified atom stereocenters. The summed E-state index contributed by atoms with van der Waals surface area (Å²) in [7, 11) is 0. The number of hydrogen-bond donors (Lipinski definition) is 1. The summed E-state index contributed by atoms with van der Waals surface area (Å²) in [6, 6.07) is 20.4. The number of hydrogen-bond acceptors (Lipinski definition) is 4. The van der Waals surface area contributed by atoms with Crippen LogP contribution in [0.1, 0.15) is 27.6 Å². The summed E-state index contributed by atoms with van der Waals surface area (Å²) in [5.41, 5.74) is 2.85. The van der Waals surface area contributed by atoms with E-state index in [1.165, 1.54) is 11.3 Å². The third-order valence-electron chi connectivity index (χ3n) is 5.16. The molecule has 2 aromatic carbocycles. The average Bonchev–Trinajstić information content (AvgIpc) is 3.35. The van der Waals surface area contributed by atoms with Gasteiger partial charge in [-0.25, -0.2) is 0 Å². The number of ketones is 1. The van der Waals surface area contributed by atoms with Crippen LogP contribution in [0.3, 0.4) is 0 Å². The van der Waals surface area contributed by atoms with Gasteiger partial charge in [0.1, 0.15) is 5.76 Å². The highest BCUT2D eigenvalue weighted by Crippen LogP contribution is 2.41. The first-order chi connectivity index (χ1) is 14.1. The topological polar surface area (TPSA) is 57.6 Å². The molecule has 0 bridgehead atoms. The minimum atomic E-state index is -0.630. The zero-order chi connectivity index (χ0) is 20.4. The van der Waals surface area contributed by atoms with Crippen LogP contribution in [0, 0.1) is 6.92 Å². The Kier molecular flexibility index (Phi) is 5.32. The molecule has 4 nitrogen and oxygen atoms in total. The van der Waals surface area contributed by atoms with Crippen LogP contribution in [0.15, 0.2) is 77.7 Å². The third kappa shape index (κ3) is 3.74. The highest BCUT2D eigenvalue weighted by molar-refractivity contribution is 7.10. The number of nitrogens with zero attached hydrogens (tertiary/aromatic N) is 1. The van der Waals surface area contributed by atoms with Gasteiger partial charge >= 0.3 is 0 Å².